The molecule has 2 aromatic carbocycles. The van der Waals surface area contributed by atoms with E-state index in [0.717, 1.165) is 5.56 Å². The molecule has 0 aliphatic rings. The van der Waals surface area contributed by atoms with E-state index in [-0.39, 0.29) is 24.7 Å². The van der Waals surface area contributed by atoms with Crippen LogP contribution < -0.4 is 10.1 Å². The number of Topliss-reactive ketones (excluding diaryl/α,β-unsaturated/α-hetero) is 1. The number of aliphatic hydroxyl groups excluding tert-OH is 1. The van der Waals surface area contributed by atoms with E-state index in [1.165, 1.54) is 12.5 Å². The number of carbonyl (C=O) groups excluding carboxylic acids is 2. The molecule has 0 bridgehead atoms. The van der Waals surface area contributed by atoms with Gasteiger partial charge in [-0.1, -0.05) is 38.1 Å². The van der Waals surface area contributed by atoms with Crippen LogP contribution in [0.3, 0.4) is 0 Å². The third kappa shape index (κ3) is 6.06. The predicted octanol–water partition coefficient (Wildman–Crippen LogP) is 4.65. The summed E-state index contributed by atoms with van der Waals surface area (Å²) >= 11 is 0. The second-order valence-electron chi connectivity index (χ2n) is 7.68. The molecule has 3 aromatic rings. The lowest BCUT2D eigenvalue weighted by atomic mass is 10.00. The highest BCUT2D eigenvalue weighted by Crippen LogP contribution is 2.19. The normalized spacial score (nSPS) is 11.9. The Kier molecular flexibility index (Phi) is 7.26. The molecule has 0 aliphatic carbocycles. The number of aliphatic hydroxyl groups is 1. The van der Waals surface area contributed by atoms with Crippen molar-refractivity contribution in [2.75, 3.05) is 6.54 Å². The maximum atomic E-state index is 12.3. The number of carbonyl (C=O) groups is 2. The Bertz CT molecular complexity index is 1020. The van der Waals surface area contributed by atoms with Crippen molar-refractivity contribution < 1.29 is 23.8 Å². The fourth-order valence-electron chi connectivity index (χ4n) is 3.02. The standard InChI is InChI=1S/C25H27NO5/c1-16(2)18-4-6-20(7-5-18)23(28)14-26-25(29)24-13-12-22(31-24)15-30-21-10-8-19(9-11-21)17(3)27/h4-13,16,23,28H,14-15H2,1-3H3,(H,26,29). The van der Waals surface area contributed by atoms with Crippen LogP contribution in [0.25, 0.3) is 0 Å². The van der Waals surface area contributed by atoms with E-state index in [9.17, 15) is 14.7 Å². The molecule has 2 N–H and O–H groups in total. The van der Waals surface area contributed by atoms with Crippen LogP contribution in [0.5, 0.6) is 5.75 Å². The SMILES string of the molecule is CC(=O)c1ccc(OCc2ccc(C(=O)NCC(O)c3ccc(C(C)C)cc3)o2)cc1. The zero-order valence-corrected chi connectivity index (χ0v) is 17.9. The van der Waals surface area contributed by atoms with Gasteiger partial charge in [-0.05, 0) is 60.4 Å². The summed E-state index contributed by atoms with van der Waals surface area (Å²) in [6.07, 6.45) is -0.805. The largest absolute Gasteiger partial charge is 0.486 e. The monoisotopic (exact) mass is 421 g/mol. The van der Waals surface area contributed by atoms with Crippen molar-refractivity contribution in [1.82, 2.24) is 5.32 Å². The number of furan rings is 1. The molecule has 0 radical (unpaired) electrons. The van der Waals surface area contributed by atoms with E-state index in [2.05, 4.69) is 19.2 Å². The lowest BCUT2D eigenvalue weighted by Crippen LogP contribution is -2.28. The van der Waals surface area contributed by atoms with Gasteiger partial charge in [-0.15, -0.1) is 0 Å². The number of hydrogen-bond acceptors (Lipinski definition) is 5. The highest BCUT2D eigenvalue weighted by molar-refractivity contribution is 5.94. The molecule has 3 rings (SSSR count). The van der Waals surface area contributed by atoms with Gasteiger partial charge < -0.3 is 19.6 Å². The molecule has 0 spiro atoms. The summed E-state index contributed by atoms with van der Waals surface area (Å²) in [4.78, 5) is 23.6. The van der Waals surface area contributed by atoms with Crippen LogP contribution in [0, 0.1) is 0 Å². The number of amides is 1. The summed E-state index contributed by atoms with van der Waals surface area (Å²) in [6, 6.07) is 17.8. The minimum absolute atomic E-state index is 0.00840. The lowest BCUT2D eigenvalue weighted by Gasteiger charge is -2.13. The Morgan fingerprint density at radius 1 is 0.968 bits per heavy atom. The van der Waals surface area contributed by atoms with Crippen LogP contribution in [0.15, 0.2) is 65.1 Å². The minimum atomic E-state index is -0.805. The highest BCUT2D eigenvalue weighted by atomic mass is 16.5. The molecule has 1 heterocycles. The van der Waals surface area contributed by atoms with Crippen molar-refractivity contribution in [3.05, 3.63) is 88.9 Å². The van der Waals surface area contributed by atoms with Gasteiger partial charge >= 0.3 is 0 Å². The van der Waals surface area contributed by atoms with Crippen LogP contribution in [-0.4, -0.2) is 23.3 Å². The second-order valence-corrected chi connectivity index (χ2v) is 7.68. The smallest absolute Gasteiger partial charge is 0.287 e. The van der Waals surface area contributed by atoms with Crippen LogP contribution in [0.1, 0.15) is 70.6 Å². The number of benzene rings is 2. The van der Waals surface area contributed by atoms with Gasteiger partial charge in [0.25, 0.3) is 5.91 Å². The molecule has 6 heteroatoms. The van der Waals surface area contributed by atoms with Gasteiger partial charge in [0.05, 0.1) is 6.10 Å². The number of ketones is 1. The van der Waals surface area contributed by atoms with Crippen molar-refractivity contribution in [2.45, 2.75) is 39.4 Å². The summed E-state index contributed by atoms with van der Waals surface area (Å²) in [5, 5.41) is 13.0. The Morgan fingerprint density at radius 3 is 2.23 bits per heavy atom. The molecule has 0 fully saturated rings. The lowest BCUT2D eigenvalue weighted by molar-refractivity contribution is 0.0884. The summed E-state index contributed by atoms with van der Waals surface area (Å²) in [5.74, 6) is 1.24. The molecule has 1 atom stereocenters. The molecular weight excluding hydrogens is 394 g/mol. The summed E-state index contributed by atoms with van der Waals surface area (Å²) < 4.78 is 11.2. The van der Waals surface area contributed by atoms with Crippen molar-refractivity contribution in [2.24, 2.45) is 0 Å². The van der Waals surface area contributed by atoms with Crippen LogP contribution >= 0.6 is 0 Å². The van der Waals surface area contributed by atoms with E-state index in [1.807, 2.05) is 24.3 Å². The van der Waals surface area contributed by atoms with E-state index in [4.69, 9.17) is 9.15 Å². The third-order valence-corrected chi connectivity index (χ3v) is 4.97. The maximum Gasteiger partial charge on any atom is 0.287 e. The van der Waals surface area contributed by atoms with Gasteiger partial charge in [0.15, 0.2) is 11.5 Å². The van der Waals surface area contributed by atoms with E-state index < -0.39 is 12.0 Å². The van der Waals surface area contributed by atoms with Gasteiger partial charge in [-0.2, -0.15) is 0 Å². The number of rotatable bonds is 9. The summed E-state index contributed by atoms with van der Waals surface area (Å²) in [7, 11) is 0. The molecule has 6 nitrogen and oxygen atoms in total. The number of nitrogens with one attached hydrogen (secondary N) is 1. The van der Waals surface area contributed by atoms with Crippen molar-refractivity contribution in [1.29, 1.82) is 0 Å². The topological polar surface area (TPSA) is 88.8 Å². The van der Waals surface area contributed by atoms with Gasteiger partial charge in [0, 0.05) is 12.1 Å². The molecule has 0 aliphatic heterocycles. The summed E-state index contributed by atoms with van der Waals surface area (Å²) in [6.45, 7) is 5.95. The first-order valence-corrected chi connectivity index (χ1v) is 10.2. The molecule has 0 saturated heterocycles. The zero-order chi connectivity index (χ0) is 22.4. The molecule has 1 aromatic heterocycles. The first-order valence-electron chi connectivity index (χ1n) is 10.2. The van der Waals surface area contributed by atoms with Crippen LogP contribution in [0.2, 0.25) is 0 Å². The van der Waals surface area contributed by atoms with Crippen molar-refractivity contribution in [3.63, 3.8) is 0 Å². The fourth-order valence-corrected chi connectivity index (χ4v) is 3.02. The quantitative estimate of drug-likeness (QED) is 0.491. The van der Waals surface area contributed by atoms with E-state index in [1.54, 1.807) is 36.4 Å². The third-order valence-electron chi connectivity index (χ3n) is 4.97. The first-order chi connectivity index (χ1) is 14.8. The van der Waals surface area contributed by atoms with Gasteiger partial charge in [0.1, 0.15) is 18.1 Å². The van der Waals surface area contributed by atoms with Crippen LogP contribution in [0.4, 0.5) is 0 Å². The number of ether oxygens (including phenoxy) is 1. The maximum absolute atomic E-state index is 12.3. The Hall–Kier alpha value is -3.38. The molecule has 31 heavy (non-hydrogen) atoms. The average Bonchev–Trinajstić information content (AvgIpc) is 3.25. The van der Waals surface area contributed by atoms with Gasteiger partial charge in [0.2, 0.25) is 0 Å². The number of hydrogen-bond donors (Lipinski definition) is 2. The average molecular weight is 421 g/mol. The molecular formula is C25H27NO5. The zero-order valence-electron chi connectivity index (χ0n) is 17.9. The van der Waals surface area contributed by atoms with Crippen molar-refractivity contribution >= 4 is 11.7 Å². The van der Waals surface area contributed by atoms with Crippen molar-refractivity contribution in [3.8, 4) is 5.75 Å². The minimum Gasteiger partial charge on any atom is -0.486 e. The molecule has 1 amide bonds. The molecule has 162 valence electrons. The Labute approximate surface area is 181 Å². The highest BCUT2D eigenvalue weighted by Gasteiger charge is 2.15. The Balaban J connectivity index is 1.49. The Morgan fingerprint density at radius 2 is 1.61 bits per heavy atom. The van der Waals surface area contributed by atoms with Gasteiger partial charge in [-0.3, -0.25) is 9.59 Å². The van der Waals surface area contributed by atoms with E-state index >= 15 is 0 Å². The van der Waals surface area contributed by atoms with Crippen LogP contribution in [-0.2, 0) is 6.61 Å². The first kappa shape index (κ1) is 22.3. The van der Waals surface area contributed by atoms with E-state index in [0.29, 0.717) is 23.0 Å². The van der Waals surface area contributed by atoms with Gasteiger partial charge in [-0.25, -0.2) is 0 Å². The molecule has 1 unspecified atom stereocenters. The predicted molar refractivity (Wildman–Crippen MR) is 117 cm³/mol. The fraction of sp³-hybridized carbons (Fsp3) is 0.280. The second kappa shape index (κ2) is 10.1. The summed E-state index contributed by atoms with van der Waals surface area (Å²) in [5.41, 5.74) is 2.55. The molecule has 0 saturated carbocycles.